The summed E-state index contributed by atoms with van der Waals surface area (Å²) in [6.07, 6.45) is 8.30. The minimum absolute atomic E-state index is 0.0577. The van der Waals surface area contributed by atoms with Crippen molar-refractivity contribution in [3.63, 3.8) is 0 Å². The third-order valence-electron chi connectivity index (χ3n) is 4.95. The molecule has 0 aliphatic heterocycles. The van der Waals surface area contributed by atoms with Gasteiger partial charge in [0.15, 0.2) is 0 Å². The Morgan fingerprint density at radius 3 is 2.74 bits per heavy atom. The predicted octanol–water partition coefficient (Wildman–Crippen LogP) is 5.02. The van der Waals surface area contributed by atoms with Gasteiger partial charge in [0.2, 0.25) is 11.9 Å². The van der Waals surface area contributed by atoms with Gasteiger partial charge in [0.25, 0.3) is 0 Å². The summed E-state index contributed by atoms with van der Waals surface area (Å²) in [5, 5.41) is 6.58. The van der Waals surface area contributed by atoms with E-state index in [0.717, 1.165) is 23.4 Å². The molecule has 0 fully saturated rings. The number of hydrogen-bond donors (Lipinski definition) is 2. The fraction of sp³-hybridized carbons (Fsp3) is 0.160. The van der Waals surface area contributed by atoms with Gasteiger partial charge in [-0.05, 0) is 66.4 Å². The highest BCUT2D eigenvalue weighted by Gasteiger charge is 2.10. The number of carbonyl (C=O) groups is 1. The monoisotopic (exact) mass is 411 g/mol. The lowest BCUT2D eigenvalue weighted by Gasteiger charge is -2.10. The molecule has 1 heterocycles. The lowest BCUT2D eigenvalue weighted by atomic mass is 10.1. The van der Waals surface area contributed by atoms with Crippen molar-refractivity contribution in [1.29, 1.82) is 0 Å². The van der Waals surface area contributed by atoms with Gasteiger partial charge in [-0.15, -0.1) is 0 Å². The molecule has 6 nitrogen and oxygen atoms in total. The number of hydrogen-bond acceptors (Lipinski definition) is 5. The Balaban J connectivity index is 1.46. The standard InChI is InChI=1S/C25H25N5O/c1-17-13-19-8-9-22(16-20(19)14-17)27-23-11-12-26-25(29-23)28-21-6-4-5-18(15-21)7-10-24(31)30(2)3/h4-12,14-16H,13H2,1-3H3,(H2,26,27,28,29)/b10-7+. The van der Waals surface area contributed by atoms with Gasteiger partial charge < -0.3 is 15.5 Å². The molecule has 0 saturated heterocycles. The van der Waals surface area contributed by atoms with E-state index in [1.807, 2.05) is 30.3 Å². The highest BCUT2D eigenvalue weighted by molar-refractivity contribution is 5.91. The first-order chi connectivity index (χ1) is 15.0. The summed E-state index contributed by atoms with van der Waals surface area (Å²) >= 11 is 0. The highest BCUT2D eigenvalue weighted by Crippen LogP contribution is 2.28. The van der Waals surface area contributed by atoms with Crippen molar-refractivity contribution in [2.24, 2.45) is 0 Å². The molecule has 1 aromatic heterocycles. The van der Waals surface area contributed by atoms with Crippen molar-refractivity contribution in [2.45, 2.75) is 13.3 Å². The number of nitrogens with zero attached hydrogens (tertiary/aromatic N) is 3. The molecule has 0 spiro atoms. The summed E-state index contributed by atoms with van der Waals surface area (Å²) in [5.41, 5.74) is 6.74. The number of nitrogens with one attached hydrogen (secondary N) is 2. The Hall–Kier alpha value is -3.93. The average molecular weight is 412 g/mol. The number of likely N-dealkylation sites (N-methyl/N-ethyl adjacent to an activating group) is 1. The minimum Gasteiger partial charge on any atom is -0.345 e. The van der Waals surface area contributed by atoms with Crippen LogP contribution in [0.4, 0.5) is 23.1 Å². The molecule has 1 amide bonds. The molecule has 0 bridgehead atoms. The normalized spacial score (nSPS) is 12.4. The lowest BCUT2D eigenvalue weighted by molar-refractivity contribution is -0.123. The van der Waals surface area contributed by atoms with Gasteiger partial charge in [-0.3, -0.25) is 4.79 Å². The molecular formula is C25H25N5O. The fourth-order valence-electron chi connectivity index (χ4n) is 3.39. The molecule has 2 aromatic carbocycles. The topological polar surface area (TPSA) is 70.2 Å². The molecule has 0 unspecified atom stereocenters. The molecule has 4 rings (SSSR count). The summed E-state index contributed by atoms with van der Waals surface area (Å²) in [6.45, 7) is 2.15. The number of fused-ring (bicyclic) bond motifs is 1. The van der Waals surface area contributed by atoms with Gasteiger partial charge in [0.1, 0.15) is 5.82 Å². The quantitative estimate of drug-likeness (QED) is 0.557. The van der Waals surface area contributed by atoms with Crippen LogP contribution in [0.15, 0.2) is 66.4 Å². The van der Waals surface area contributed by atoms with Gasteiger partial charge in [0, 0.05) is 37.7 Å². The van der Waals surface area contributed by atoms with Gasteiger partial charge in [-0.1, -0.05) is 29.8 Å². The van der Waals surface area contributed by atoms with Crippen LogP contribution in [-0.4, -0.2) is 34.9 Å². The Morgan fingerprint density at radius 2 is 1.90 bits per heavy atom. The molecule has 2 N–H and O–H groups in total. The molecule has 0 radical (unpaired) electrons. The Morgan fingerprint density at radius 1 is 1.06 bits per heavy atom. The van der Waals surface area contributed by atoms with Crippen molar-refractivity contribution < 1.29 is 4.79 Å². The van der Waals surface area contributed by atoms with Crippen LogP contribution in [-0.2, 0) is 11.2 Å². The van der Waals surface area contributed by atoms with Crippen LogP contribution in [0.2, 0.25) is 0 Å². The van der Waals surface area contributed by atoms with Gasteiger partial charge in [0.05, 0.1) is 0 Å². The lowest BCUT2D eigenvalue weighted by Crippen LogP contribution is -2.18. The minimum atomic E-state index is -0.0577. The van der Waals surface area contributed by atoms with Gasteiger partial charge in [-0.25, -0.2) is 4.98 Å². The molecule has 156 valence electrons. The summed E-state index contributed by atoms with van der Waals surface area (Å²) < 4.78 is 0. The van der Waals surface area contributed by atoms with Crippen molar-refractivity contribution in [1.82, 2.24) is 14.9 Å². The Kier molecular flexibility index (Phi) is 5.80. The average Bonchev–Trinajstić information content (AvgIpc) is 3.12. The van der Waals surface area contributed by atoms with E-state index in [1.165, 1.54) is 21.6 Å². The van der Waals surface area contributed by atoms with E-state index in [4.69, 9.17) is 0 Å². The molecule has 6 heteroatoms. The van der Waals surface area contributed by atoms with Crippen LogP contribution in [0.5, 0.6) is 0 Å². The maximum absolute atomic E-state index is 11.8. The van der Waals surface area contributed by atoms with Crippen LogP contribution < -0.4 is 10.6 Å². The predicted molar refractivity (Wildman–Crippen MR) is 127 cm³/mol. The maximum atomic E-state index is 11.8. The second-order valence-electron chi connectivity index (χ2n) is 7.79. The van der Waals surface area contributed by atoms with E-state index < -0.39 is 0 Å². The first kappa shape index (κ1) is 20.3. The van der Waals surface area contributed by atoms with Crippen LogP contribution in [0.1, 0.15) is 23.6 Å². The molecular weight excluding hydrogens is 386 g/mol. The largest absolute Gasteiger partial charge is 0.345 e. The van der Waals surface area contributed by atoms with Crippen molar-refractivity contribution >= 4 is 41.2 Å². The Labute approximate surface area is 182 Å². The summed E-state index contributed by atoms with van der Waals surface area (Å²) in [6, 6.07) is 16.0. The summed E-state index contributed by atoms with van der Waals surface area (Å²) in [7, 11) is 3.45. The van der Waals surface area contributed by atoms with Crippen LogP contribution in [0.25, 0.3) is 12.2 Å². The number of rotatable bonds is 6. The SMILES string of the molecule is CC1=Cc2cc(Nc3ccnc(Nc4cccc(/C=C/C(=O)N(C)C)c4)n3)ccc2C1. The van der Waals surface area contributed by atoms with Crippen molar-refractivity contribution in [2.75, 3.05) is 24.7 Å². The zero-order valence-electron chi connectivity index (χ0n) is 17.9. The zero-order chi connectivity index (χ0) is 21.8. The number of carbonyl (C=O) groups excluding carboxylic acids is 1. The number of amides is 1. The summed E-state index contributed by atoms with van der Waals surface area (Å²) in [5.74, 6) is 1.15. The number of allylic oxidation sites excluding steroid dienone is 1. The van der Waals surface area contributed by atoms with Crippen LogP contribution in [0.3, 0.4) is 0 Å². The molecule has 1 aliphatic rings. The first-order valence-corrected chi connectivity index (χ1v) is 10.1. The van der Waals surface area contributed by atoms with E-state index in [2.05, 4.69) is 51.8 Å². The third kappa shape index (κ3) is 5.17. The maximum Gasteiger partial charge on any atom is 0.246 e. The summed E-state index contributed by atoms with van der Waals surface area (Å²) in [4.78, 5) is 22.2. The van der Waals surface area contributed by atoms with Gasteiger partial charge in [-0.2, -0.15) is 4.98 Å². The molecule has 3 aromatic rings. The molecule has 31 heavy (non-hydrogen) atoms. The highest BCUT2D eigenvalue weighted by atomic mass is 16.2. The van der Waals surface area contributed by atoms with Crippen LogP contribution >= 0.6 is 0 Å². The molecule has 0 atom stereocenters. The first-order valence-electron chi connectivity index (χ1n) is 10.1. The van der Waals surface area contributed by atoms with E-state index in [0.29, 0.717) is 11.8 Å². The zero-order valence-corrected chi connectivity index (χ0v) is 17.9. The van der Waals surface area contributed by atoms with E-state index in [9.17, 15) is 4.79 Å². The Bertz CT molecular complexity index is 1180. The molecule has 1 aliphatic carbocycles. The van der Waals surface area contributed by atoms with Gasteiger partial charge >= 0.3 is 0 Å². The second-order valence-corrected chi connectivity index (χ2v) is 7.79. The van der Waals surface area contributed by atoms with E-state index >= 15 is 0 Å². The number of benzene rings is 2. The number of aromatic nitrogens is 2. The third-order valence-corrected chi connectivity index (χ3v) is 4.95. The van der Waals surface area contributed by atoms with Crippen molar-refractivity contribution in [3.05, 3.63) is 83.1 Å². The van der Waals surface area contributed by atoms with E-state index in [-0.39, 0.29) is 5.91 Å². The fourth-order valence-corrected chi connectivity index (χ4v) is 3.39. The van der Waals surface area contributed by atoms with Crippen molar-refractivity contribution in [3.8, 4) is 0 Å². The second kappa shape index (κ2) is 8.83. The number of anilines is 4. The molecule has 0 saturated carbocycles. The van der Waals surface area contributed by atoms with E-state index in [1.54, 1.807) is 32.4 Å². The smallest absolute Gasteiger partial charge is 0.246 e. The van der Waals surface area contributed by atoms with Crippen LogP contribution in [0, 0.1) is 0 Å².